The Hall–Kier alpha value is -3.29. The van der Waals surface area contributed by atoms with Crippen molar-refractivity contribution in [3.05, 3.63) is 64.8 Å². The Kier molecular flexibility index (Phi) is 4.43. The highest BCUT2D eigenvalue weighted by Crippen LogP contribution is 2.39. The number of rotatable bonds is 2. The summed E-state index contributed by atoms with van der Waals surface area (Å²) < 4.78 is 14.9. The third-order valence-corrected chi connectivity index (χ3v) is 4.99. The Morgan fingerprint density at radius 1 is 1.22 bits per heavy atom. The molecule has 3 rings (SSSR count). The van der Waals surface area contributed by atoms with Gasteiger partial charge in [-0.15, -0.1) is 0 Å². The van der Waals surface area contributed by atoms with E-state index in [0.717, 1.165) is 0 Å². The molecular weight excluding hydrogens is 363 g/mol. The van der Waals surface area contributed by atoms with Gasteiger partial charge in [0, 0.05) is 5.69 Å². The predicted octanol–water partition coefficient (Wildman–Crippen LogP) is 4.47. The first-order chi connectivity index (χ1) is 12.7. The first-order valence-corrected chi connectivity index (χ1v) is 8.50. The molecule has 1 aliphatic rings. The molecular formula is C20H15FN4OS. The quantitative estimate of drug-likeness (QED) is 0.571. The summed E-state index contributed by atoms with van der Waals surface area (Å²) in [5, 5.41) is 9.11. The van der Waals surface area contributed by atoms with Crippen LogP contribution < -0.4 is 9.80 Å². The molecule has 0 saturated carbocycles. The van der Waals surface area contributed by atoms with Crippen LogP contribution in [-0.2, 0) is 4.79 Å². The smallest absolute Gasteiger partial charge is 0.259 e. The standard InChI is InChI=1S/C20H15FN4OS/c1-12-15(23-4)9-10-16(17(12)21)24-18(26)20(2,3)25(19(24)27)14-7-5-13(11-22)6-8-14/h5-10H,1-3H3. The van der Waals surface area contributed by atoms with Gasteiger partial charge in [-0.05, 0) is 68.9 Å². The van der Waals surface area contributed by atoms with Gasteiger partial charge in [-0.3, -0.25) is 9.69 Å². The van der Waals surface area contributed by atoms with E-state index in [0.29, 0.717) is 11.3 Å². The van der Waals surface area contributed by atoms with Gasteiger partial charge in [-0.2, -0.15) is 5.26 Å². The van der Waals surface area contributed by atoms with Gasteiger partial charge in [0.05, 0.1) is 23.9 Å². The maximum absolute atomic E-state index is 14.9. The van der Waals surface area contributed by atoms with E-state index in [-0.39, 0.29) is 28.0 Å². The molecule has 0 aliphatic carbocycles. The number of carbonyl (C=O) groups is 1. The second-order valence-electron chi connectivity index (χ2n) is 6.63. The Bertz CT molecular complexity index is 1050. The minimum atomic E-state index is -1.04. The lowest BCUT2D eigenvalue weighted by atomic mass is 10.0. The van der Waals surface area contributed by atoms with Gasteiger partial charge in [-0.25, -0.2) is 9.24 Å². The van der Waals surface area contributed by atoms with E-state index in [2.05, 4.69) is 4.85 Å². The van der Waals surface area contributed by atoms with Gasteiger partial charge in [0.25, 0.3) is 5.91 Å². The Morgan fingerprint density at radius 3 is 2.41 bits per heavy atom. The molecule has 0 N–H and O–H groups in total. The van der Waals surface area contributed by atoms with Gasteiger partial charge in [-0.1, -0.05) is 6.07 Å². The summed E-state index contributed by atoms with van der Waals surface area (Å²) in [6.07, 6.45) is 0. The van der Waals surface area contributed by atoms with E-state index in [1.165, 1.54) is 24.0 Å². The van der Waals surface area contributed by atoms with Crippen molar-refractivity contribution in [3.63, 3.8) is 0 Å². The normalized spacial score (nSPS) is 15.6. The third-order valence-electron chi connectivity index (χ3n) is 4.62. The molecule has 0 radical (unpaired) electrons. The summed E-state index contributed by atoms with van der Waals surface area (Å²) >= 11 is 5.52. The fourth-order valence-electron chi connectivity index (χ4n) is 3.08. The summed E-state index contributed by atoms with van der Waals surface area (Å²) in [7, 11) is 0. The second-order valence-corrected chi connectivity index (χ2v) is 7.00. The number of halogens is 1. The molecule has 0 spiro atoms. The number of carbonyl (C=O) groups excluding carboxylic acids is 1. The fraction of sp³-hybridized carbons (Fsp3) is 0.200. The number of thiocarbonyl (C=S) groups is 1. The van der Waals surface area contributed by atoms with Crippen LogP contribution in [0.2, 0.25) is 0 Å². The number of hydrogen-bond acceptors (Lipinski definition) is 3. The van der Waals surface area contributed by atoms with E-state index < -0.39 is 11.4 Å². The van der Waals surface area contributed by atoms with E-state index in [1.807, 2.05) is 6.07 Å². The molecule has 27 heavy (non-hydrogen) atoms. The predicted molar refractivity (Wildman–Crippen MR) is 105 cm³/mol. The maximum atomic E-state index is 14.9. The van der Waals surface area contributed by atoms with Crippen molar-refractivity contribution in [3.8, 4) is 6.07 Å². The minimum absolute atomic E-state index is 0.0270. The highest BCUT2D eigenvalue weighted by Gasteiger charge is 2.50. The van der Waals surface area contributed by atoms with E-state index in [1.54, 1.807) is 43.0 Å². The average molecular weight is 378 g/mol. The van der Waals surface area contributed by atoms with Crippen LogP contribution in [0.5, 0.6) is 0 Å². The Balaban J connectivity index is 2.11. The van der Waals surface area contributed by atoms with Crippen LogP contribution in [0.1, 0.15) is 25.0 Å². The maximum Gasteiger partial charge on any atom is 0.259 e. The zero-order valence-corrected chi connectivity index (χ0v) is 15.8. The van der Waals surface area contributed by atoms with Crippen molar-refractivity contribution in [2.75, 3.05) is 9.80 Å². The Morgan fingerprint density at radius 2 is 1.85 bits per heavy atom. The van der Waals surface area contributed by atoms with Crippen molar-refractivity contribution in [2.45, 2.75) is 26.3 Å². The van der Waals surface area contributed by atoms with Gasteiger partial charge in [0.2, 0.25) is 0 Å². The zero-order valence-electron chi connectivity index (χ0n) is 14.9. The number of amides is 1. The molecule has 1 aliphatic heterocycles. The highest BCUT2D eigenvalue weighted by atomic mass is 32.1. The molecule has 1 fully saturated rings. The van der Waals surface area contributed by atoms with Crippen LogP contribution in [0.15, 0.2) is 36.4 Å². The SMILES string of the molecule is [C-]#[N+]c1ccc(N2C(=O)C(C)(C)N(c3ccc(C#N)cc3)C2=S)c(F)c1C. The third kappa shape index (κ3) is 2.73. The van der Waals surface area contributed by atoms with Crippen molar-refractivity contribution >= 4 is 40.3 Å². The zero-order chi connectivity index (χ0) is 19.9. The van der Waals surface area contributed by atoms with Crippen molar-refractivity contribution in [2.24, 2.45) is 0 Å². The summed E-state index contributed by atoms with van der Waals surface area (Å²) in [6, 6.07) is 11.6. The van der Waals surface area contributed by atoms with Crippen molar-refractivity contribution in [1.29, 1.82) is 5.26 Å². The molecule has 0 aromatic heterocycles. The lowest BCUT2D eigenvalue weighted by Gasteiger charge is -2.29. The van der Waals surface area contributed by atoms with Gasteiger partial charge >= 0.3 is 0 Å². The number of nitriles is 1. The summed E-state index contributed by atoms with van der Waals surface area (Å²) in [6.45, 7) is 12.0. The van der Waals surface area contributed by atoms with Gasteiger partial charge in [0.1, 0.15) is 11.4 Å². The average Bonchev–Trinajstić information content (AvgIpc) is 2.82. The van der Waals surface area contributed by atoms with Crippen LogP contribution >= 0.6 is 12.2 Å². The first-order valence-electron chi connectivity index (χ1n) is 8.09. The van der Waals surface area contributed by atoms with Crippen LogP contribution in [-0.4, -0.2) is 16.6 Å². The van der Waals surface area contributed by atoms with Crippen molar-refractivity contribution in [1.82, 2.24) is 0 Å². The molecule has 2 aromatic rings. The van der Waals surface area contributed by atoms with Crippen molar-refractivity contribution < 1.29 is 9.18 Å². The highest BCUT2D eigenvalue weighted by molar-refractivity contribution is 7.81. The molecule has 1 saturated heterocycles. The van der Waals surface area contributed by atoms with E-state index in [4.69, 9.17) is 24.1 Å². The summed E-state index contributed by atoms with van der Waals surface area (Å²) in [4.78, 5) is 19.2. The molecule has 5 nitrogen and oxygen atoms in total. The number of anilines is 2. The second kappa shape index (κ2) is 6.46. The molecule has 0 bridgehead atoms. The van der Waals surface area contributed by atoms with Crippen LogP contribution in [0.25, 0.3) is 4.85 Å². The molecule has 2 aromatic carbocycles. The van der Waals surface area contributed by atoms with E-state index >= 15 is 0 Å². The monoisotopic (exact) mass is 378 g/mol. The molecule has 1 heterocycles. The first kappa shape index (κ1) is 18.5. The minimum Gasteiger partial charge on any atom is -0.304 e. The summed E-state index contributed by atoms with van der Waals surface area (Å²) in [5.41, 5.74) is 0.476. The molecule has 1 amide bonds. The van der Waals surface area contributed by atoms with Gasteiger partial charge < -0.3 is 4.90 Å². The van der Waals surface area contributed by atoms with Crippen LogP contribution in [0.3, 0.4) is 0 Å². The van der Waals surface area contributed by atoms with Gasteiger partial charge in [0.15, 0.2) is 10.8 Å². The van der Waals surface area contributed by atoms with E-state index in [9.17, 15) is 9.18 Å². The number of nitrogens with zero attached hydrogens (tertiary/aromatic N) is 4. The number of hydrogen-bond donors (Lipinski definition) is 0. The lowest BCUT2D eigenvalue weighted by Crippen LogP contribution is -2.44. The Labute approximate surface area is 162 Å². The molecule has 7 heteroatoms. The van der Waals surface area contributed by atoms with Crippen LogP contribution in [0, 0.1) is 30.6 Å². The van der Waals surface area contributed by atoms with Crippen LogP contribution in [0.4, 0.5) is 21.5 Å². The summed E-state index contributed by atoms with van der Waals surface area (Å²) in [5.74, 6) is -1.01. The molecule has 0 atom stereocenters. The topological polar surface area (TPSA) is 51.7 Å². The molecule has 134 valence electrons. The molecule has 0 unspecified atom stereocenters. The number of benzene rings is 2. The lowest BCUT2D eigenvalue weighted by molar-refractivity contribution is -0.120. The largest absolute Gasteiger partial charge is 0.304 e. The fourth-order valence-corrected chi connectivity index (χ4v) is 3.60.